The Labute approximate surface area is 98.1 Å². The zero-order valence-corrected chi connectivity index (χ0v) is 9.73. The van der Waals surface area contributed by atoms with Crippen LogP contribution < -0.4 is 10.4 Å². The van der Waals surface area contributed by atoms with E-state index < -0.39 is 0 Å². The monoisotopic (exact) mass is 234 g/mol. The van der Waals surface area contributed by atoms with Gasteiger partial charge in [-0.2, -0.15) is 5.10 Å². The molecule has 0 saturated heterocycles. The van der Waals surface area contributed by atoms with Crippen molar-refractivity contribution in [1.82, 2.24) is 20.2 Å². The molecule has 0 atom stereocenters. The van der Waals surface area contributed by atoms with Crippen molar-refractivity contribution in [3.8, 4) is 17.4 Å². The average molecular weight is 234 g/mol. The molecule has 2 N–H and O–H groups in total. The summed E-state index contributed by atoms with van der Waals surface area (Å²) < 4.78 is 5.50. The van der Waals surface area contributed by atoms with Crippen molar-refractivity contribution >= 4 is 0 Å². The third-order valence-corrected chi connectivity index (χ3v) is 2.03. The van der Waals surface area contributed by atoms with Gasteiger partial charge in [-0.25, -0.2) is 14.9 Å². The number of pyridine rings is 1. The Kier molecular flexibility index (Phi) is 3.22. The van der Waals surface area contributed by atoms with Gasteiger partial charge in [-0.15, -0.1) is 0 Å². The van der Waals surface area contributed by atoms with Crippen LogP contribution in [0, 0.1) is 5.92 Å². The van der Waals surface area contributed by atoms with Gasteiger partial charge in [0, 0.05) is 6.07 Å². The molecule has 90 valence electrons. The second-order valence-corrected chi connectivity index (χ2v) is 4.09. The summed E-state index contributed by atoms with van der Waals surface area (Å²) in [6.45, 7) is 4.73. The summed E-state index contributed by atoms with van der Waals surface area (Å²) in [5.74, 6) is 1.37. The number of hydrogen-bond acceptors (Lipinski definition) is 4. The molecule has 2 aromatic heterocycles. The quantitative estimate of drug-likeness (QED) is 0.832. The van der Waals surface area contributed by atoms with Crippen LogP contribution in [0.4, 0.5) is 0 Å². The summed E-state index contributed by atoms with van der Waals surface area (Å²) in [5.41, 5.74) is 0.222. The number of aromatic nitrogens is 4. The van der Waals surface area contributed by atoms with E-state index in [4.69, 9.17) is 4.74 Å². The summed E-state index contributed by atoms with van der Waals surface area (Å²) in [6, 6.07) is 5.34. The first-order chi connectivity index (χ1) is 8.15. The Morgan fingerprint density at radius 1 is 1.41 bits per heavy atom. The Hall–Kier alpha value is -2.11. The van der Waals surface area contributed by atoms with Crippen LogP contribution in [-0.2, 0) is 0 Å². The molecule has 6 nitrogen and oxygen atoms in total. The van der Waals surface area contributed by atoms with Crippen LogP contribution in [0.15, 0.2) is 23.0 Å². The lowest BCUT2D eigenvalue weighted by molar-refractivity contribution is 0.261. The first-order valence-corrected chi connectivity index (χ1v) is 5.40. The van der Waals surface area contributed by atoms with Crippen molar-refractivity contribution in [3.05, 3.63) is 28.7 Å². The predicted molar refractivity (Wildman–Crippen MR) is 62.8 cm³/mol. The van der Waals surface area contributed by atoms with Gasteiger partial charge in [-0.3, -0.25) is 4.98 Å². The molecule has 2 heterocycles. The molecule has 0 aliphatic rings. The fourth-order valence-corrected chi connectivity index (χ4v) is 1.27. The van der Waals surface area contributed by atoms with Gasteiger partial charge < -0.3 is 4.74 Å². The van der Waals surface area contributed by atoms with Crippen molar-refractivity contribution < 1.29 is 4.74 Å². The minimum atomic E-state index is -0.352. The van der Waals surface area contributed by atoms with E-state index in [0.717, 1.165) is 0 Å². The maximum atomic E-state index is 10.9. The van der Waals surface area contributed by atoms with E-state index in [1.807, 2.05) is 6.07 Å². The molecule has 17 heavy (non-hydrogen) atoms. The number of hydrogen-bond donors (Lipinski definition) is 2. The van der Waals surface area contributed by atoms with Crippen molar-refractivity contribution in [2.75, 3.05) is 6.61 Å². The Morgan fingerprint density at radius 3 is 2.88 bits per heavy atom. The summed E-state index contributed by atoms with van der Waals surface area (Å²) in [5, 5.41) is 6.11. The zero-order valence-electron chi connectivity index (χ0n) is 9.73. The molecule has 0 saturated carbocycles. The number of H-pyrrole nitrogens is 2. The van der Waals surface area contributed by atoms with Crippen LogP contribution in [0.2, 0.25) is 0 Å². The molecule has 6 heteroatoms. The number of rotatable bonds is 4. The second-order valence-electron chi connectivity index (χ2n) is 4.09. The molecular formula is C11H14N4O2. The van der Waals surface area contributed by atoms with Crippen LogP contribution in [0.3, 0.4) is 0 Å². The van der Waals surface area contributed by atoms with E-state index in [0.29, 0.717) is 29.9 Å². The standard InChI is InChI=1S/C11H14N4O2/c1-7(2)6-17-9-5-3-4-8(12-9)10-13-11(16)15-14-10/h3-5,7H,6H2,1-2H3,(H2,13,14,15,16). The van der Waals surface area contributed by atoms with Crippen LogP contribution in [0.25, 0.3) is 11.5 Å². The lowest BCUT2D eigenvalue weighted by Gasteiger charge is -2.07. The molecule has 0 unspecified atom stereocenters. The summed E-state index contributed by atoms with van der Waals surface area (Å²) in [7, 11) is 0. The van der Waals surface area contributed by atoms with Crippen molar-refractivity contribution in [2.24, 2.45) is 5.92 Å². The van der Waals surface area contributed by atoms with E-state index in [-0.39, 0.29) is 5.69 Å². The van der Waals surface area contributed by atoms with Gasteiger partial charge >= 0.3 is 5.69 Å². The molecule has 0 radical (unpaired) electrons. The third-order valence-electron chi connectivity index (χ3n) is 2.03. The zero-order chi connectivity index (χ0) is 12.3. The normalized spacial score (nSPS) is 10.8. The van der Waals surface area contributed by atoms with Gasteiger partial charge in [-0.1, -0.05) is 19.9 Å². The van der Waals surface area contributed by atoms with Crippen molar-refractivity contribution in [3.63, 3.8) is 0 Å². The minimum absolute atomic E-state index is 0.352. The molecule has 0 spiro atoms. The Bertz CT molecular complexity index is 544. The summed E-state index contributed by atoms with van der Waals surface area (Å²) in [6.07, 6.45) is 0. The first kappa shape index (κ1) is 11.4. The van der Waals surface area contributed by atoms with Crippen molar-refractivity contribution in [1.29, 1.82) is 0 Å². The third kappa shape index (κ3) is 2.93. The van der Waals surface area contributed by atoms with E-state index in [1.54, 1.807) is 12.1 Å². The van der Waals surface area contributed by atoms with Crippen LogP contribution >= 0.6 is 0 Å². The minimum Gasteiger partial charge on any atom is -0.477 e. The van der Waals surface area contributed by atoms with Gasteiger partial charge in [0.1, 0.15) is 5.69 Å². The fourth-order valence-electron chi connectivity index (χ4n) is 1.27. The molecule has 0 fully saturated rings. The van der Waals surface area contributed by atoms with Crippen LogP contribution in [-0.4, -0.2) is 26.8 Å². The molecular weight excluding hydrogens is 220 g/mol. The molecule has 0 aromatic carbocycles. The highest BCUT2D eigenvalue weighted by Crippen LogP contribution is 2.15. The van der Waals surface area contributed by atoms with Gasteiger partial charge in [0.15, 0.2) is 5.82 Å². The number of aromatic amines is 2. The highest BCUT2D eigenvalue weighted by Gasteiger charge is 2.05. The molecule has 0 aliphatic carbocycles. The topological polar surface area (TPSA) is 83.7 Å². The van der Waals surface area contributed by atoms with E-state index in [2.05, 4.69) is 34.0 Å². The Balaban J connectivity index is 2.19. The maximum absolute atomic E-state index is 10.9. The number of nitrogens with one attached hydrogen (secondary N) is 2. The second kappa shape index (κ2) is 4.82. The Morgan fingerprint density at radius 2 is 2.24 bits per heavy atom. The highest BCUT2D eigenvalue weighted by molar-refractivity contribution is 5.48. The predicted octanol–water partition coefficient (Wildman–Crippen LogP) is 1.19. The maximum Gasteiger partial charge on any atom is 0.340 e. The average Bonchev–Trinajstić information content (AvgIpc) is 2.74. The smallest absolute Gasteiger partial charge is 0.340 e. The SMILES string of the molecule is CC(C)COc1cccc(-c2n[nH]c(=O)[nH]2)n1. The van der Waals surface area contributed by atoms with Gasteiger partial charge in [0.05, 0.1) is 6.61 Å². The van der Waals surface area contributed by atoms with E-state index in [9.17, 15) is 4.79 Å². The molecule has 0 amide bonds. The van der Waals surface area contributed by atoms with Crippen LogP contribution in [0.1, 0.15) is 13.8 Å². The number of ether oxygens (including phenoxy) is 1. The van der Waals surface area contributed by atoms with Gasteiger partial charge in [0.2, 0.25) is 5.88 Å². The van der Waals surface area contributed by atoms with Gasteiger partial charge in [0.25, 0.3) is 0 Å². The lowest BCUT2D eigenvalue weighted by Crippen LogP contribution is -2.06. The van der Waals surface area contributed by atoms with Crippen LogP contribution in [0.5, 0.6) is 5.88 Å². The first-order valence-electron chi connectivity index (χ1n) is 5.40. The van der Waals surface area contributed by atoms with Crippen molar-refractivity contribution in [2.45, 2.75) is 13.8 Å². The lowest BCUT2D eigenvalue weighted by atomic mass is 10.2. The largest absolute Gasteiger partial charge is 0.477 e. The molecule has 0 aliphatic heterocycles. The summed E-state index contributed by atoms with van der Waals surface area (Å²) >= 11 is 0. The highest BCUT2D eigenvalue weighted by atomic mass is 16.5. The van der Waals surface area contributed by atoms with Gasteiger partial charge in [-0.05, 0) is 12.0 Å². The van der Waals surface area contributed by atoms with E-state index in [1.165, 1.54) is 0 Å². The molecule has 2 aromatic rings. The molecule has 2 rings (SSSR count). The number of nitrogens with zero attached hydrogens (tertiary/aromatic N) is 2. The molecule has 0 bridgehead atoms. The summed E-state index contributed by atoms with van der Waals surface area (Å²) in [4.78, 5) is 17.7. The fraction of sp³-hybridized carbons (Fsp3) is 0.364. The van der Waals surface area contributed by atoms with E-state index >= 15 is 0 Å².